The normalized spacial score (nSPS) is 17.0. The predicted octanol–water partition coefficient (Wildman–Crippen LogP) is 2.64. The number of benzene rings is 2. The van der Waals surface area contributed by atoms with E-state index in [9.17, 15) is 8.42 Å². The van der Waals surface area contributed by atoms with Crippen molar-refractivity contribution in [1.29, 1.82) is 0 Å². The fraction of sp³-hybridized carbons (Fsp3) is 0.368. The standard InChI is InChI=1S/C19H24N2O2S/c1-17-7-5-6-10-19(17)16-24(22,23)21-13-11-20(12-14-21)15-18-8-3-2-4-9-18/h2-10H,11-16H2,1H3. The van der Waals surface area contributed by atoms with Crippen molar-refractivity contribution in [3.8, 4) is 0 Å². The molecule has 24 heavy (non-hydrogen) atoms. The molecule has 0 bridgehead atoms. The van der Waals surface area contributed by atoms with Crippen LogP contribution in [0.1, 0.15) is 16.7 Å². The largest absolute Gasteiger partial charge is 0.296 e. The van der Waals surface area contributed by atoms with Crippen molar-refractivity contribution in [3.63, 3.8) is 0 Å². The van der Waals surface area contributed by atoms with Crippen LogP contribution in [0.5, 0.6) is 0 Å². The van der Waals surface area contributed by atoms with Gasteiger partial charge in [0.15, 0.2) is 0 Å². The predicted molar refractivity (Wildman–Crippen MR) is 97.1 cm³/mol. The van der Waals surface area contributed by atoms with Crippen LogP contribution in [-0.4, -0.2) is 43.8 Å². The molecular weight excluding hydrogens is 320 g/mol. The first-order valence-electron chi connectivity index (χ1n) is 8.33. The summed E-state index contributed by atoms with van der Waals surface area (Å²) in [7, 11) is -3.25. The molecular formula is C19H24N2O2S. The summed E-state index contributed by atoms with van der Waals surface area (Å²) in [6.07, 6.45) is 0. The van der Waals surface area contributed by atoms with Gasteiger partial charge in [0.25, 0.3) is 0 Å². The Labute approximate surface area is 144 Å². The second-order valence-electron chi connectivity index (χ2n) is 6.34. The highest BCUT2D eigenvalue weighted by atomic mass is 32.2. The van der Waals surface area contributed by atoms with Crippen molar-refractivity contribution < 1.29 is 8.42 Å². The van der Waals surface area contributed by atoms with Crippen LogP contribution in [-0.2, 0) is 22.3 Å². The molecule has 3 rings (SSSR count). The van der Waals surface area contributed by atoms with Gasteiger partial charge in [-0.05, 0) is 23.6 Å². The zero-order valence-corrected chi connectivity index (χ0v) is 14.9. The molecule has 0 amide bonds. The molecule has 0 aliphatic carbocycles. The summed E-state index contributed by atoms with van der Waals surface area (Å²) in [4.78, 5) is 2.31. The molecule has 2 aromatic carbocycles. The third kappa shape index (κ3) is 4.23. The summed E-state index contributed by atoms with van der Waals surface area (Å²) in [5, 5.41) is 0. The van der Waals surface area contributed by atoms with Gasteiger partial charge in [-0.1, -0.05) is 54.6 Å². The van der Waals surface area contributed by atoms with Crippen molar-refractivity contribution in [2.45, 2.75) is 19.2 Å². The summed E-state index contributed by atoms with van der Waals surface area (Å²) in [6.45, 7) is 5.54. The molecule has 5 heteroatoms. The van der Waals surface area contributed by atoms with Crippen LogP contribution in [0.4, 0.5) is 0 Å². The topological polar surface area (TPSA) is 40.6 Å². The lowest BCUT2D eigenvalue weighted by atomic mass is 10.1. The van der Waals surface area contributed by atoms with Gasteiger partial charge in [-0.2, -0.15) is 4.31 Å². The first kappa shape index (κ1) is 17.1. The van der Waals surface area contributed by atoms with Crippen LogP contribution in [0.3, 0.4) is 0 Å². The highest BCUT2D eigenvalue weighted by Crippen LogP contribution is 2.17. The van der Waals surface area contributed by atoms with Crippen LogP contribution in [0.2, 0.25) is 0 Å². The maximum Gasteiger partial charge on any atom is 0.218 e. The first-order valence-corrected chi connectivity index (χ1v) is 9.94. The van der Waals surface area contributed by atoms with Gasteiger partial charge in [-0.25, -0.2) is 8.42 Å². The molecule has 0 unspecified atom stereocenters. The molecule has 0 N–H and O–H groups in total. The second-order valence-corrected chi connectivity index (χ2v) is 8.31. The Kier molecular flexibility index (Phi) is 5.33. The van der Waals surface area contributed by atoms with E-state index in [1.807, 2.05) is 49.4 Å². The number of hydrogen-bond acceptors (Lipinski definition) is 3. The second kappa shape index (κ2) is 7.47. The van der Waals surface area contributed by atoms with Crippen molar-refractivity contribution in [1.82, 2.24) is 9.21 Å². The maximum absolute atomic E-state index is 12.7. The fourth-order valence-corrected chi connectivity index (χ4v) is 4.69. The van der Waals surface area contributed by atoms with E-state index in [0.29, 0.717) is 13.1 Å². The monoisotopic (exact) mass is 344 g/mol. The van der Waals surface area contributed by atoms with E-state index in [-0.39, 0.29) is 5.75 Å². The first-order chi connectivity index (χ1) is 11.5. The summed E-state index contributed by atoms with van der Waals surface area (Å²) < 4.78 is 27.0. The number of sulfonamides is 1. The van der Waals surface area contributed by atoms with Crippen LogP contribution in [0.25, 0.3) is 0 Å². The summed E-state index contributed by atoms with van der Waals surface area (Å²) in [6, 6.07) is 18.0. The Morgan fingerprint density at radius 3 is 2.17 bits per heavy atom. The molecule has 1 fully saturated rings. The van der Waals surface area contributed by atoms with E-state index in [1.165, 1.54) is 5.56 Å². The zero-order valence-electron chi connectivity index (χ0n) is 14.1. The maximum atomic E-state index is 12.7. The van der Waals surface area contributed by atoms with Gasteiger partial charge in [-0.15, -0.1) is 0 Å². The molecule has 0 aromatic heterocycles. The van der Waals surface area contributed by atoms with Crippen LogP contribution in [0.15, 0.2) is 54.6 Å². The van der Waals surface area contributed by atoms with Crippen molar-refractivity contribution >= 4 is 10.0 Å². The van der Waals surface area contributed by atoms with Gasteiger partial charge in [0.2, 0.25) is 10.0 Å². The van der Waals surface area contributed by atoms with Crippen LogP contribution >= 0.6 is 0 Å². The minimum Gasteiger partial charge on any atom is -0.296 e. The third-order valence-corrected chi connectivity index (χ3v) is 6.40. The van der Waals surface area contributed by atoms with E-state index < -0.39 is 10.0 Å². The Morgan fingerprint density at radius 1 is 0.875 bits per heavy atom. The Morgan fingerprint density at radius 2 is 1.50 bits per heavy atom. The molecule has 0 spiro atoms. The Hall–Kier alpha value is -1.69. The number of hydrogen-bond donors (Lipinski definition) is 0. The fourth-order valence-electron chi connectivity index (χ4n) is 3.07. The van der Waals surface area contributed by atoms with E-state index in [1.54, 1.807) is 4.31 Å². The minimum atomic E-state index is -3.25. The van der Waals surface area contributed by atoms with E-state index >= 15 is 0 Å². The Balaban J connectivity index is 1.58. The lowest BCUT2D eigenvalue weighted by Crippen LogP contribution is -2.48. The van der Waals surface area contributed by atoms with Gasteiger partial charge in [0, 0.05) is 32.7 Å². The highest BCUT2D eigenvalue weighted by Gasteiger charge is 2.27. The van der Waals surface area contributed by atoms with Crippen LogP contribution < -0.4 is 0 Å². The molecule has 4 nitrogen and oxygen atoms in total. The SMILES string of the molecule is Cc1ccccc1CS(=O)(=O)N1CCN(Cc2ccccc2)CC1. The third-order valence-electron chi connectivity index (χ3n) is 4.57. The molecule has 2 aromatic rings. The average molecular weight is 344 g/mol. The molecule has 1 aliphatic heterocycles. The molecule has 128 valence electrons. The quantitative estimate of drug-likeness (QED) is 0.837. The highest BCUT2D eigenvalue weighted by molar-refractivity contribution is 7.88. The lowest BCUT2D eigenvalue weighted by molar-refractivity contribution is 0.181. The molecule has 0 atom stereocenters. The van der Waals surface area contributed by atoms with Crippen molar-refractivity contribution in [2.24, 2.45) is 0 Å². The summed E-state index contributed by atoms with van der Waals surface area (Å²) in [5.74, 6) is 0.0956. The summed E-state index contributed by atoms with van der Waals surface area (Å²) >= 11 is 0. The van der Waals surface area contributed by atoms with E-state index in [4.69, 9.17) is 0 Å². The average Bonchev–Trinajstić information content (AvgIpc) is 2.58. The molecule has 0 saturated carbocycles. The molecule has 0 radical (unpaired) electrons. The van der Waals surface area contributed by atoms with Gasteiger partial charge in [-0.3, -0.25) is 4.90 Å². The number of nitrogens with zero attached hydrogens (tertiary/aromatic N) is 2. The van der Waals surface area contributed by atoms with E-state index in [0.717, 1.165) is 30.8 Å². The van der Waals surface area contributed by atoms with E-state index in [2.05, 4.69) is 17.0 Å². The van der Waals surface area contributed by atoms with Gasteiger partial charge >= 0.3 is 0 Å². The van der Waals surface area contributed by atoms with Gasteiger partial charge in [0.1, 0.15) is 0 Å². The minimum absolute atomic E-state index is 0.0956. The lowest BCUT2D eigenvalue weighted by Gasteiger charge is -2.34. The Bertz CT molecular complexity index is 767. The van der Waals surface area contributed by atoms with Gasteiger partial charge < -0.3 is 0 Å². The number of rotatable bonds is 5. The van der Waals surface area contributed by atoms with Crippen molar-refractivity contribution in [3.05, 3.63) is 71.3 Å². The number of aryl methyl sites for hydroxylation is 1. The van der Waals surface area contributed by atoms with Crippen LogP contribution in [0, 0.1) is 6.92 Å². The molecule has 1 aliphatic rings. The molecule has 1 heterocycles. The number of piperazine rings is 1. The smallest absolute Gasteiger partial charge is 0.218 e. The van der Waals surface area contributed by atoms with Gasteiger partial charge in [0.05, 0.1) is 5.75 Å². The molecule has 1 saturated heterocycles. The summed E-state index contributed by atoms with van der Waals surface area (Å²) in [5.41, 5.74) is 3.20. The zero-order chi connectivity index (χ0) is 17.0. The van der Waals surface area contributed by atoms with Crippen molar-refractivity contribution in [2.75, 3.05) is 26.2 Å².